The molecule has 4 aromatic rings. The van der Waals surface area contributed by atoms with Gasteiger partial charge in [0.15, 0.2) is 5.82 Å². The Kier molecular flexibility index (Phi) is 9.43. The first kappa shape index (κ1) is 32.4. The lowest BCUT2D eigenvalue weighted by Crippen LogP contribution is -2.50. The minimum Gasteiger partial charge on any atom is -0.395 e. The summed E-state index contributed by atoms with van der Waals surface area (Å²) in [5.41, 5.74) is 5.81. The van der Waals surface area contributed by atoms with Crippen molar-refractivity contribution in [3.63, 3.8) is 0 Å². The second-order valence-electron chi connectivity index (χ2n) is 12.7. The molecule has 0 saturated carbocycles. The molecule has 0 aliphatic carbocycles. The van der Waals surface area contributed by atoms with Crippen LogP contribution in [0.15, 0.2) is 48.9 Å². The molecule has 0 spiro atoms. The first-order chi connectivity index (χ1) is 22.7. The van der Waals surface area contributed by atoms with Crippen LogP contribution in [0.25, 0.3) is 10.9 Å². The van der Waals surface area contributed by atoms with Gasteiger partial charge in [-0.25, -0.2) is 14.4 Å². The van der Waals surface area contributed by atoms with Gasteiger partial charge in [-0.1, -0.05) is 6.07 Å². The van der Waals surface area contributed by atoms with Crippen LogP contribution in [-0.2, 0) is 13.1 Å². The van der Waals surface area contributed by atoms with Gasteiger partial charge in [-0.2, -0.15) is 5.26 Å². The Balaban J connectivity index is 1.19. The van der Waals surface area contributed by atoms with Crippen LogP contribution in [0.4, 0.5) is 21.6 Å². The van der Waals surface area contributed by atoms with E-state index in [1.54, 1.807) is 23.5 Å². The van der Waals surface area contributed by atoms with Gasteiger partial charge in [-0.05, 0) is 82.0 Å². The largest absolute Gasteiger partial charge is 0.395 e. The van der Waals surface area contributed by atoms with Gasteiger partial charge in [-0.3, -0.25) is 9.69 Å². The van der Waals surface area contributed by atoms with Crippen molar-refractivity contribution in [2.45, 2.75) is 65.7 Å². The molecular weight excluding hydrogens is 595 g/mol. The first-order valence-electron chi connectivity index (χ1n) is 16.5. The molecular formula is C36H43FN8O2. The number of piperidine rings is 1. The van der Waals surface area contributed by atoms with Crippen molar-refractivity contribution in [2.75, 3.05) is 49.1 Å². The van der Waals surface area contributed by atoms with Crippen molar-refractivity contribution in [1.29, 1.82) is 5.26 Å². The summed E-state index contributed by atoms with van der Waals surface area (Å²) in [4.78, 5) is 31.4. The number of rotatable bonds is 9. The fourth-order valence-corrected chi connectivity index (χ4v) is 7.34. The van der Waals surface area contributed by atoms with Crippen molar-refractivity contribution in [1.82, 2.24) is 24.3 Å². The minimum absolute atomic E-state index is 0.0101. The molecule has 1 N–H and O–H groups in total. The Bertz CT molecular complexity index is 1810. The number of hydrogen-bond acceptors (Lipinski definition) is 8. The maximum absolute atomic E-state index is 14.5. The van der Waals surface area contributed by atoms with Gasteiger partial charge in [-0.15, -0.1) is 0 Å². The molecule has 246 valence electrons. The summed E-state index contributed by atoms with van der Waals surface area (Å²) in [7, 11) is 0. The van der Waals surface area contributed by atoms with Crippen molar-refractivity contribution >= 4 is 34.0 Å². The van der Waals surface area contributed by atoms with Gasteiger partial charge < -0.3 is 24.4 Å². The van der Waals surface area contributed by atoms with Gasteiger partial charge in [0, 0.05) is 68.8 Å². The maximum Gasteiger partial charge on any atom is 0.256 e. The standard InChI is InChI=1S/C36H43FN8O2/c1-5-42(24(2)3)36(47)31-18-27(37)7-9-33(31)45-15-14-44(35-34(45)21-39-23-40-35)28-10-12-41(13-11-28)22-26-6-8-32-30(25(26)4)19-29(20-38)43(32)16-17-46/h6-9,18-19,21,23-24,28,46H,5,10-17,22H2,1-4H3. The van der Waals surface area contributed by atoms with E-state index in [0.717, 1.165) is 61.4 Å². The van der Waals surface area contributed by atoms with E-state index in [1.807, 2.05) is 31.4 Å². The number of carbonyl (C=O) groups excluding carboxylic acids is 1. The third-order valence-electron chi connectivity index (χ3n) is 9.80. The third-order valence-corrected chi connectivity index (χ3v) is 9.80. The monoisotopic (exact) mass is 638 g/mol. The number of halogens is 1. The summed E-state index contributed by atoms with van der Waals surface area (Å²) >= 11 is 0. The van der Waals surface area contributed by atoms with Crippen LogP contribution in [0.5, 0.6) is 0 Å². The van der Waals surface area contributed by atoms with Gasteiger partial charge in [0.25, 0.3) is 5.91 Å². The van der Waals surface area contributed by atoms with E-state index in [0.29, 0.717) is 42.6 Å². The SMILES string of the molecule is CCN(C(=O)c1cc(F)ccc1N1CCN(C2CCN(Cc3ccc4c(cc(C#N)n4CCO)c3C)CC2)c2ncncc21)C(C)C. The van der Waals surface area contributed by atoms with Crippen LogP contribution in [0.2, 0.25) is 0 Å². The number of benzene rings is 2. The molecule has 2 aliphatic rings. The molecule has 0 radical (unpaired) electrons. The molecule has 0 bridgehead atoms. The van der Waals surface area contributed by atoms with Crippen molar-refractivity contribution in [3.8, 4) is 6.07 Å². The summed E-state index contributed by atoms with van der Waals surface area (Å²) < 4.78 is 16.4. The summed E-state index contributed by atoms with van der Waals surface area (Å²) in [6.45, 7) is 13.0. The lowest BCUT2D eigenvalue weighted by Gasteiger charge is -2.44. The normalized spacial score (nSPS) is 15.7. The Morgan fingerprint density at radius 1 is 1.13 bits per heavy atom. The zero-order valence-electron chi connectivity index (χ0n) is 27.7. The lowest BCUT2D eigenvalue weighted by atomic mass is 9.99. The van der Waals surface area contributed by atoms with E-state index < -0.39 is 5.82 Å². The van der Waals surface area contributed by atoms with Gasteiger partial charge in [0.2, 0.25) is 0 Å². The average Bonchev–Trinajstić information content (AvgIpc) is 3.44. The number of anilines is 3. The Morgan fingerprint density at radius 3 is 2.62 bits per heavy atom. The molecule has 4 heterocycles. The number of carbonyl (C=O) groups is 1. The molecule has 1 fully saturated rings. The summed E-state index contributed by atoms with van der Waals surface area (Å²) in [6.07, 6.45) is 5.33. The first-order valence-corrected chi connectivity index (χ1v) is 16.5. The highest BCUT2D eigenvalue weighted by Gasteiger charge is 2.34. The van der Waals surface area contributed by atoms with Gasteiger partial charge in [0.1, 0.15) is 29.6 Å². The topological polar surface area (TPSA) is 105 Å². The Labute approximate surface area is 275 Å². The molecule has 2 aromatic heterocycles. The van der Waals surface area contributed by atoms with Crippen LogP contribution in [0, 0.1) is 24.1 Å². The second kappa shape index (κ2) is 13.7. The fourth-order valence-electron chi connectivity index (χ4n) is 7.34. The molecule has 2 aliphatic heterocycles. The van der Waals surface area contributed by atoms with E-state index in [2.05, 4.69) is 44.8 Å². The van der Waals surface area contributed by atoms with Crippen LogP contribution in [0.1, 0.15) is 60.8 Å². The van der Waals surface area contributed by atoms with Crippen LogP contribution >= 0.6 is 0 Å². The highest BCUT2D eigenvalue weighted by atomic mass is 19.1. The quantitative estimate of drug-likeness (QED) is 0.266. The van der Waals surface area contributed by atoms with Crippen molar-refractivity contribution in [3.05, 3.63) is 77.1 Å². The second-order valence-corrected chi connectivity index (χ2v) is 12.7. The summed E-state index contributed by atoms with van der Waals surface area (Å²) in [6, 6.07) is 13.2. The Hall–Kier alpha value is -4.53. The molecule has 10 nitrogen and oxygen atoms in total. The molecule has 47 heavy (non-hydrogen) atoms. The van der Waals surface area contributed by atoms with Crippen LogP contribution < -0.4 is 9.80 Å². The van der Waals surface area contributed by atoms with Gasteiger partial charge in [0.05, 0.1) is 24.1 Å². The number of aliphatic hydroxyl groups excluding tert-OH is 1. The maximum atomic E-state index is 14.5. The number of fused-ring (bicyclic) bond motifs is 2. The number of aryl methyl sites for hydroxylation is 1. The zero-order valence-corrected chi connectivity index (χ0v) is 27.7. The highest BCUT2D eigenvalue weighted by Crippen LogP contribution is 2.40. The van der Waals surface area contributed by atoms with E-state index in [-0.39, 0.29) is 18.6 Å². The third kappa shape index (κ3) is 6.15. The highest BCUT2D eigenvalue weighted by molar-refractivity contribution is 6.01. The van der Waals surface area contributed by atoms with Crippen LogP contribution in [0.3, 0.4) is 0 Å². The molecule has 1 amide bonds. The zero-order chi connectivity index (χ0) is 33.2. The molecule has 2 aromatic carbocycles. The van der Waals surface area contributed by atoms with E-state index in [1.165, 1.54) is 23.3 Å². The number of likely N-dealkylation sites (tertiary alicyclic amines) is 1. The number of aromatic nitrogens is 3. The number of hydrogen-bond donors (Lipinski definition) is 1. The van der Waals surface area contributed by atoms with Crippen LogP contribution in [-0.4, -0.2) is 86.8 Å². The van der Waals surface area contributed by atoms with E-state index in [4.69, 9.17) is 4.98 Å². The number of aliphatic hydroxyl groups is 1. The summed E-state index contributed by atoms with van der Waals surface area (Å²) in [5, 5.41) is 20.2. The molecule has 1 saturated heterocycles. The number of amides is 1. The van der Waals surface area contributed by atoms with E-state index >= 15 is 0 Å². The molecule has 11 heteroatoms. The predicted octanol–water partition coefficient (Wildman–Crippen LogP) is 5.24. The fraction of sp³-hybridized carbons (Fsp3) is 0.444. The minimum atomic E-state index is -0.436. The number of nitrogens with zero attached hydrogens (tertiary/aromatic N) is 8. The average molecular weight is 639 g/mol. The summed E-state index contributed by atoms with van der Waals surface area (Å²) in [5.74, 6) is 0.215. The van der Waals surface area contributed by atoms with E-state index in [9.17, 15) is 19.6 Å². The van der Waals surface area contributed by atoms with Gasteiger partial charge >= 0.3 is 0 Å². The molecule has 0 unspecified atom stereocenters. The number of nitriles is 1. The van der Waals surface area contributed by atoms with Crippen molar-refractivity contribution in [2.24, 2.45) is 0 Å². The molecule has 6 rings (SSSR count). The molecule has 0 atom stereocenters. The predicted molar refractivity (Wildman–Crippen MR) is 181 cm³/mol. The van der Waals surface area contributed by atoms with Crippen molar-refractivity contribution < 1.29 is 14.3 Å². The smallest absolute Gasteiger partial charge is 0.256 e. The Morgan fingerprint density at radius 2 is 1.91 bits per heavy atom. The lowest BCUT2D eigenvalue weighted by molar-refractivity contribution is 0.0717.